The normalized spacial score (nSPS) is 19.2. The minimum Gasteiger partial charge on any atom is -0.346 e. The minimum atomic E-state index is -1.18. The highest BCUT2D eigenvalue weighted by Crippen LogP contribution is 2.29. The van der Waals surface area contributed by atoms with E-state index in [9.17, 15) is 24.0 Å². The Morgan fingerprint density at radius 2 is 1.62 bits per heavy atom. The maximum atomic E-state index is 13.5. The van der Waals surface area contributed by atoms with Gasteiger partial charge >= 0.3 is 0 Å². The molecule has 0 saturated carbocycles. The number of nitrogens with one attached hydrogen (secondary N) is 2. The third kappa shape index (κ3) is 6.26. The second-order valence-corrected chi connectivity index (χ2v) is 9.65. The van der Waals surface area contributed by atoms with Crippen LogP contribution in [0, 0.1) is 17.8 Å². The summed E-state index contributed by atoms with van der Waals surface area (Å²) in [5.74, 6) is -4.83. The molecule has 10 heteroatoms. The summed E-state index contributed by atoms with van der Waals surface area (Å²) in [6.45, 7) is 5.07. The lowest BCUT2D eigenvalue weighted by atomic mass is 9.85. The van der Waals surface area contributed by atoms with Crippen molar-refractivity contribution >= 4 is 29.4 Å². The van der Waals surface area contributed by atoms with Crippen molar-refractivity contribution in [1.82, 2.24) is 25.6 Å². The van der Waals surface area contributed by atoms with E-state index in [1.165, 1.54) is 11.2 Å². The topological polar surface area (TPSA) is 129 Å². The molecule has 0 bridgehead atoms. The van der Waals surface area contributed by atoms with Gasteiger partial charge in [-0.2, -0.15) is 0 Å². The fourth-order valence-electron chi connectivity index (χ4n) is 4.40. The Morgan fingerprint density at radius 3 is 2.16 bits per heavy atom. The highest BCUT2D eigenvalue weighted by atomic mass is 16.2. The van der Waals surface area contributed by atoms with Crippen LogP contribution in [0.15, 0.2) is 54.7 Å². The highest BCUT2D eigenvalue weighted by molar-refractivity contribution is 6.16. The number of pyridine rings is 1. The number of hydrogen-bond acceptors (Lipinski definition) is 7. The number of carbonyl (C=O) groups excluding carboxylic acids is 5. The number of aromatic nitrogens is 1. The molecule has 1 aromatic heterocycles. The first-order valence-corrected chi connectivity index (χ1v) is 12.2. The van der Waals surface area contributed by atoms with E-state index in [0.29, 0.717) is 5.56 Å². The van der Waals surface area contributed by atoms with Gasteiger partial charge in [0.25, 0.3) is 11.8 Å². The quantitative estimate of drug-likeness (QED) is 0.370. The number of Topliss-reactive ketones (excluding diaryl/α,β-unsaturated/α-hetero) is 1. The predicted molar refractivity (Wildman–Crippen MR) is 135 cm³/mol. The zero-order chi connectivity index (χ0) is 27.3. The molecule has 4 atom stereocenters. The van der Waals surface area contributed by atoms with E-state index < -0.39 is 53.3 Å². The largest absolute Gasteiger partial charge is 0.346 e. The molecule has 1 saturated heterocycles. The number of carbonyl (C=O) groups is 5. The van der Waals surface area contributed by atoms with Gasteiger partial charge < -0.3 is 10.6 Å². The molecule has 4 amide bonds. The molecule has 0 spiro atoms. The number of amides is 4. The second kappa shape index (κ2) is 11.9. The Morgan fingerprint density at radius 1 is 0.973 bits per heavy atom. The van der Waals surface area contributed by atoms with Crippen molar-refractivity contribution in [1.29, 1.82) is 0 Å². The molecule has 0 radical (unpaired) electrons. The Kier molecular flexibility index (Phi) is 8.88. The van der Waals surface area contributed by atoms with Gasteiger partial charge in [0.05, 0.1) is 24.4 Å². The van der Waals surface area contributed by atoms with Crippen LogP contribution in [0.4, 0.5) is 0 Å². The van der Waals surface area contributed by atoms with E-state index in [0.717, 1.165) is 5.01 Å². The molecule has 2 heterocycles. The van der Waals surface area contributed by atoms with Crippen molar-refractivity contribution in [3.05, 3.63) is 66.0 Å². The van der Waals surface area contributed by atoms with Gasteiger partial charge in [-0.05, 0) is 23.6 Å². The maximum Gasteiger partial charge on any atom is 0.270 e. The molecule has 1 fully saturated rings. The van der Waals surface area contributed by atoms with Crippen molar-refractivity contribution in [2.24, 2.45) is 17.8 Å². The first-order valence-electron chi connectivity index (χ1n) is 12.2. The molecule has 196 valence electrons. The van der Waals surface area contributed by atoms with Gasteiger partial charge in [-0.1, -0.05) is 57.2 Å². The van der Waals surface area contributed by atoms with Gasteiger partial charge in [-0.25, -0.2) is 10.0 Å². The van der Waals surface area contributed by atoms with E-state index in [1.54, 1.807) is 77.3 Å². The smallest absolute Gasteiger partial charge is 0.270 e. The molecule has 3 rings (SSSR count). The maximum absolute atomic E-state index is 13.5. The lowest BCUT2D eigenvalue weighted by Crippen LogP contribution is -2.50. The molecular formula is C27H33N5O5. The Labute approximate surface area is 216 Å². The van der Waals surface area contributed by atoms with Crippen LogP contribution in [0.25, 0.3) is 0 Å². The molecule has 1 aliphatic rings. The van der Waals surface area contributed by atoms with Crippen LogP contribution in [0.2, 0.25) is 0 Å². The monoisotopic (exact) mass is 507 g/mol. The number of hydrogen-bond donors (Lipinski definition) is 2. The molecule has 1 aromatic carbocycles. The third-order valence-corrected chi connectivity index (χ3v) is 6.36. The number of imide groups is 1. The van der Waals surface area contributed by atoms with Gasteiger partial charge in [-0.3, -0.25) is 29.0 Å². The van der Waals surface area contributed by atoms with Gasteiger partial charge in [0.1, 0.15) is 11.6 Å². The molecule has 0 unspecified atom stereocenters. The Balaban J connectivity index is 1.78. The van der Waals surface area contributed by atoms with Crippen LogP contribution in [-0.4, -0.2) is 64.6 Å². The van der Waals surface area contributed by atoms with Crippen LogP contribution in [-0.2, 0) is 19.2 Å². The molecular weight excluding hydrogens is 474 g/mol. The highest BCUT2D eigenvalue weighted by Gasteiger charge is 2.51. The molecule has 1 aliphatic heterocycles. The van der Waals surface area contributed by atoms with E-state index in [4.69, 9.17) is 0 Å². The van der Waals surface area contributed by atoms with Gasteiger partial charge in [0.2, 0.25) is 11.8 Å². The Bertz CT molecular complexity index is 1150. The standard InChI is InChI=1S/C27H33N5O5/c1-16(2)23(24(34)22-17(3)26(36)32(27(22)37)31(4)5)30-21(33)15-20(18-11-7-6-8-12-18)29-25(35)19-13-9-10-14-28-19/h6-14,16-17,20,22-23H,15H2,1-5H3,(H,29,35)(H,30,33)/t17-,20-,22+,23-/m0/s1. The molecule has 2 N–H and O–H groups in total. The van der Waals surface area contributed by atoms with E-state index in [2.05, 4.69) is 15.6 Å². The van der Waals surface area contributed by atoms with Gasteiger partial charge in [-0.15, -0.1) is 0 Å². The summed E-state index contributed by atoms with van der Waals surface area (Å²) in [5, 5.41) is 7.92. The first-order chi connectivity index (χ1) is 17.5. The summed E-state index contributed by atoms with van der Waals surface area (Å²) in [6, 6.07) is 12.3. The number of nitrogens with zero attached hydrogens (tertiary/aromatic N) is 3. The number of benzene rings is 1. The first kappa shape index (κ1) is 27.7. The lowest BCUT2D eigenvalue weighted by Gasteiger charge is -2.26. The van der Waals surface area contributed by atoms with Crippen molar-refractivity contribution in [2.75, 3.05) is 14.1 Å². The minimum absolute atomic E-state index is 0.143. The summed E-state index contributed by atoms with van der Waals surface area (Å²) in [5.41, 5.74) is 0.920. The van der Waals surface area contributed by atoms with Crippen LogP contribution in [0.1, 0.15) is 49.3 Å². The SMILES string of the molecule is CC(C)[C@H](NC(=O)C[C@H](NC(=O)c1ccccn1)c1ccccc1)C(=O)[C@@H]1C(=O)N(N(C)C)C(=O)[C@H]1C. The number of ketones is 1. The second-order valence-electron chi connectivity index (χ2n) is 9.65. The molecule has 0 aliphatic carbocycles. The summed E-state index contributed by atoms with van der Waals surface area (Å²) in [6.07, 6.45) is 1.36. The number of rotatable bonds is 10. The predicted octanol–water partition coefficient (Wildman–Crippen LogP) is 1.75. The summed E-state index contributed by atoms with van der Waals surface area (Å²) >= 11 is 0. The lowest BCUT2D eigenvalue weighted by molar-refractivity contribution is -0.155. The van der Waals surface area contributed by atoms with Crippen LogP contribution in [0.5, 0.6) is 0 Å². The van der Waals surface area contributed by atoms with E-state index in [1.807, 2.05) is 6.07 Å². The zero-order valence-corrected chi connectivity index (χ0v) is 21.7. The van der Waals surface area contributed by atoms with Crippen molar-refractivity contribution in [2.45, 2.75) is 39.3 Å². The fourth-order valence-corrected chi connectivity index (χ4v) is 4.40. The van der Waals surface area contributed by atoms with E-state index in [-0.39, 0.29) is 18.0 Å². The molecule has 10 nitrogen and oxygen atoms in total. The number of hydrazine groups is 1. The molecule has 37 heavy (non-hydrogen) atoms. The van der Waals surface area contributed by atoms with Gasteiger partial charge in [0.15, 0.2) is 5.78 Å². The van der Waals surface area contributed by atoms with Crippen LogP contribution in [0.3, 0.4) is 0 Å². The zero-order valence-electron chi connectivity index (χ0n) is 21.7. The van der Waals surface area contributed by atoms with Gasteiger partial charge in [0, 0.05) is 20.3 Å². The summed E-state index contributed by atoms with van der Waals surface area (Å²) in [4.78, 5) is 69.0. The Hall–Kier alpha value is -3.92. The van der Waals surface area contributed by atoms with Crippen molar-refractivity contribution in [3.63, 3.8) is 0 Å². The average Bonchev–Trinajstić information content (AvgIpc) is 3.10. The summed E-state index contributed by atoms with van der Waals surface area (Å²) < 4.78 is 0. The van der Waals surface area contributed by atoms with Crippen molar-refractivity contribution in [3.8, 4) is 0 Å². The van der Waals surface area contributed by atoms with Crippen LogP contribution >= 0.6 is 0 Å². The summed E-state index contributed by atoms with van der Waals surface area (Å²) in [7, 11) is 3.11. The van der Waals surface area contributed by atoms with Crippen molar-refractivity contribution < 1.29 is 24.0 Å². The third-order valence-electron chi connectivity index (χ3n) is 6.36. The van der Waals surface area contributed by atoms with Crippen LogP contribution < -0.4 is 10.6 Å². The fraction of sp³-hybridized carbons (Fsp3) is 0.407. The molecule has 2 aromatic rings. The average molecular weight is 508 g/mol. The van der Waals surface area contributed by atoms with E-state index >= 15 is 0 Å².